The highest BCUT2D eigenvalue weighted by Crippen LogP contribution is 2.54. The van der Waals surface area contributed by atoms with Gasteiger partial charge in [-0.05, 0) is 86.6 Å². The van der Waals surface area contributed by atoms with Crippen molar-refractivity contribution >= 4 is 17.4 Å². The number of anilines is 1. The average Bonchev–Trinajstić information content (AvgIpc) is 2.90. The number of benzene rings is 1. The molecule has 0 spiro atoms. The lowest BCUT2D eigenvalue weighted by molar-refractivity contribution is -0.0541. The van der Waals surface area contributed by atoms with Gasteiger partial charge >= 0.3 is 0 Å². The number of aliphatic hydroxyl groups is 1. The number of hydrogen-bond acceptors (Lipinski definition) is 4. The van der Waals surface area contributed by atoms with Gasteiger partial charge in [-0.2, -0.15) is 0 Å². The van der Waals surface area contributed by atoms with E-state index >= 15 is 0 Å². The van der Waals surface area contributed by atoms with Crippen LogP contribution >= 0.6 is 0 Å². The SMILES string of the molecule is CCCC1(O)CCC2(CC)c3ccc(C(=O)Nc4cccnc4C)cc3C(=O)CCC2C1. The second-order valence-corrected chi connectivity index (χ2v) is 9.70. The first-order chi connectivity index (χ1) is 15.3. The minimum Gasteiger partial charge on any atom is -0.390 e. The van der Waals surface area contributed by atoms with Crippen molar-refractivity contribution < 1.29 is 14.7 Å². The average molecular weight is 435 g/mol. The number of ketones is 1. The number of nitrogens with one attached hydrogen (secondary N) is 1. The molecular formula is C27H34N2O3. The minimum atomic E-state index is -0.618. The van der Waals surface area contributed by atoms with Crippen LogP contribution in [0.15, 0.2) is 36.5 Å². The zero-order chi connectivity index (χ0) is 22.9. The Kier molecular flexibility index (Phi) is 6.22. The predicted octanol–water partition coefficient (Wildman–Crippen LogP) is 5.60. The number of carbonyl (C=O) groups excluding carboxylic acids is 2. The Balaban J connectivity index is 1.69. The van der Waals surface area contributed by atoms with Gasteiger partial charge in [-0.3, -0.25) is 14.6 Å². The van der Waals surface area contributed by atoms with E-state index in [1.54, 1.807) is 18.3 Å². The number of pyridine rings is 1. The van der Waals surface area contributed by atoms with Crippen LogP contribution in [0.3, 0.4) is 0 Å². The third kappa shape index (κ3) is 3.99. The van der Waals surface area contributed by atoms with Crippen molar-refractivity contribution in [1.82, 2.24) is 4.98 Å². The molecule has 0 radical (unpaired) electrons. The fourth-order valence-corrected chi connectivity index (χ4v) is 6.10. The van der Waals surface area contributed by atoms with E-state index < -0.39 is 5.60 Å². The summed E-state index contributed by atoms with van der Waals surface area (Å²) in [5.41, 5.74) is 2.94. The van der Waals surface area contributed by atoms with Crippen LogP contribution in [0.4, 0.5) is 5.69 Å². The van der Waals surface area contributed by atoms with Crippen LogP contribution < -0.4 is 5.32 Å². The van der Waals surface area contributed by atoms with E-state index in [2.05, 4.69) is 24.1 Å². The largest absolute Gasteiger partial charge is 0.390 e. The van der Waals surface area contributed by atoms with Crippen LogP contribution in [0, 0.1) is 12.8 Å². The molecule has 1 amide bonds. The Morgan fingerprint density at radius 1 is 1.25 bits per heavy atom. The number of Topliss-reactive ketones (excluding diaryl/α,β-unsaturated/α-hetero) is 1. The van der Waals surface area contributed by atoms with Gasteiger partial charge in [0.25, 0.3) is 5.91 Å². The molecule has 0 aliphatic heterocycles. The Morgan fingerprint density at radius 3 is 2.78 bits per heavy atom. The van der Waals surface area contributed by atoms with Crippen molar-refractivity contribution in [2.45, 2.75) is 83.2 Å². The quantitative estimate of drug-likeness (QED) is 0.642. The monoisotopic (exact) mass is 434 g/mol. The van der Waals surface area contributed by atoms with E-state index in [1.807, 2.05) is 25.1 Å². The molecular weight excluding hydrogens is 400 g/mol. The molecule has 32 heavy (non-hydrogen) atoms. The maximum atomic E-state index is 13.2. The lowest BCUT2D eigenvalue weighted by atomic mass is 9.56. The van der Waals surface area contributed by atoms with Crippen LogP contribution in [-0.2, 0) is 5.41 Å². The highest BCUT2D eigenvalue weighted by molar-refractivity contribution is 6.07. The molecule has 4 rings (SSSR count). The Labute approximate surface area is 190 Å². The summed E-state index contributed by atoms with van der Waals surface area (Å²) in [6, 6.07) is 9.25. The van der Waals surface area contributed by atoms with Gasteiger partial charge in [-0.15, -0.1) is 0 Å². The molecule has 1 aromatic carbocycles. The molecule has 3 atom stereocenters. The number of nitrogens with zero attached hydrogens (tertiary/aromatic N) is 1. The molecule has 2 aromatic rings. The smallest absolute Gasteiger partial charge is 0.255 e. The summed E-state index contributed by atoms with van der Waals surface area (Å²) in [6.07, 6.45) is 8.07. The van der Waals surface area contributed by atoms with Crippen LogP contribution in [-0.4, -0.2) is 27.4 Å². The van der Waals surface area contributed by atoms with Crippen LogP contribution in [0.25, 0.3) is 0 Å². The molecule has 2 N–H and O–H groups in total. The first kappa shape index (κ1) is 22.7. The molecule has 0 saturated heterocycles. The van der Waals surface area contributed by atoms with Crippen molar-refractivity contribution in [3.05, 3.63) is 58.9 Å². The summed E-state index contributed by atoms with van der Waals surface area (Å²) < 4.78 is 0. The second kappa shape index (κ2) is 8.78. The number of carbonyl (C=O) groups is 2. The van der Waals surface area contributed by atoms with E-state index in [1.165, 1.54) is 0 Å². The molecule has 2 aliphatic rings. The van der Waals surface area contributed by atoms with E-state index in [9.17, 15) is 14.7 Å². The van der Waals surface area contributed by atoms with Gasteiger partial charge in [0, 0.05) is 23.7 Å². The van der Waals surface area contributed by atoms with E-state index in [0.29, 0.717) is 23.2 Å². The van der Waals surface area contributed by atoms with E-state index in [0.717, 1.165) is 56.2 Å². The van der Waals surface area contributed by atoms with Gasteiger partial charge in [0.2, 0.25) is 0 Å². The number of rotatable bonds is 5. The second-order valence-electron chi connectivity index (χ2n) is 9.70. The van der Waals surface area contributed by atoms with Gasteiger partial charge in [0.1, 0.15) is 0 Å². The number of amides is 1. The first-order valence-electron chi connectivity index (χ1n) is 11.9. The molecule has 1 fully saturated rings. The first-order valence-corrected chi connectivity index (χ1v) is 11.9. The van der Waals surface area contributed by atoms with Crippen LogP contribution in [0.2, 0.25) is 0 Å². The summed E-state index contributed by atoms with van der Waals surface area (Å²) in [7, 11) is 0. The third-order valence-electron chi connectivity index (χ3n) is 7.88. The van der Waals surface area contributed by atoms with Gasteiger partial charge < -0.3 is 10.4 Å². The number of aromatic nitrogens is 1. The molecule has 1 saturated carbocycles. The topological polar surface area (TPSA) is 79.3 Å². The Bertz CT molecular complexity index is 1030. The van der Waals surface area contributed by atoms with Gasteiger partial charge in [0.15, 0.2) is 5.78 Å². The summed E-state index contributed by atoms with van der Waals surface area (Å²) in [6.45, 7) is 6.16. The van der Waals surface area contributed by atoms with Gasteiger partial charge in [0.05, 0.1) is 17.0 Å². The number of hydrogen-bond donors (Lipinski definition) is 2. The lowest BCUT2D eigenvalue weighted by Gasteiger charge is -2.50. The highest BCUT2D eigenvalue weighted by Gasteiger charge is 2.50. The third-order valence-corrected chi connectivity index (χ3v) is 7.88. The van der Waals surface area contributed by atoms with Gasteiger partial charge in [-0.1, -0.05) is 26.3 Å². The van der Waals surface area contributed by atoms with Crippen molar-refractivity contribution in [3.8, 4) is 0 Å². The van der Waals surface area contributed by atoms with E-state index in [-0.39, 0.29) is 23.0 Å². The standard InChI is InChI=1S/C27H34N2O3/c1-4-12-26(32)13-14-27(5-2)20(17-26)9-11-24(30)21-16-19(8-10-22(21)27)25(31)29-23-7-6-15-28-18(23)3/h6-8,10,15-16,20,32H,4-5,9,11-14,17H2,1-3H3,(H,29,31). The molecule has 2 aliphatic carbocycles. The molecule has 1 aromatic heterocycles. The molecule has 5 heteroatoms. The lowest BCUT2D eigenvalue weighted by Crippen LogP contribution is -2.47. The van der Waals surface area contributed by atoms with Gasteiger partial charge in [-0.25, -0.2) is 0 Å². The van der Waals surface area contributed by atoms with Crippen LogP contribution in [0.5, 0.6) is 0 Å². The zero-order valence-corrected chi connectivity index (χ0v) is 19.4. The van der Waals surface area contributed by atoms with E-state index in [4.69, 9.17) is 0 Å². The fraction of sp³-hybridized carbons (Fsp3) is 0.519. The van der Waals surface area contributed by atoms with Crippen LogP contribution in [0.1, 0.15) is 97.2 Å². The predicted molar refractivity (Wildman–Crippen MR) is 126 cm³/mol. The maximum absolute atomic E-state index is 13.2. The Hall–Kier alpha value is -2.53. The summed E-state index contributed by atoms with van der Waals surface area (Å²) >= 11 is 0. The summed E-state index contributed by atoms with van der Waals surface area (Å²) in [5, 5.41) is 14.1. The number of aryl methyl sites for hydroxylation is 1. The molecule has 170 valence electrons. The van der Waals surface area contributed by atoms with Crippen molar-refractivity contribution in [2.24, 2.45) is 5.92 Å². The number of fused-ring (bicyclic) bond motifs is 3. The zero-order valence-electron chi connectivity index (χ0n) is 19.4. The normalized spacial score (nSPS) is 27.2. The fourth-order valence-electron chi connectivity index (χ4n) is 6.10. The maximum Gasteiger partial charge on any atom is 0.255 e. The summed E-state index contributed by atoms with van der Waals surface area (Å²) in [4.78, 5) is 30.3. The molecule has 1 heterocycles. The van der Waals surface area contributed by atoms with Crippen molar-refractivity contribution in [2.75, 3.05) is 5.32 Å². The molecule has 3 unspecified atom stereocenters. The van der Waals surface area contributed by atoms with Crippen molar-refractivity contribution in [1.29, 1.82) is 0 Å². The summed E-state index contributed by atoms with van der Waals surface area (Å²) in [5.74, 6) is 0.151. The minimum absolute atomic E-state index is 0.105. The molecule has 0 bridgehead atoms. The highest BCUT2D eigenvalue weighted by atomic mass is 16.3. The molecule has 5 nitrogen and oxygen atoms in total. The van der Waals surface area contributed by atoms with Crippen molar-refractivity contribution in [3.63, 3.8) is 0 Å². The Morgan fingerprint density at radius 2 is 2.06 bits per heavy atom.